The van der Waals surface area contributed by atoms with Crippen molar-refractivity contribution in [3.63, 3.8) is 0 Å². The Bertz CT molecular complexity index is 579. The van der Waals surface area contributed by atoms with Crippen LogP contribution in [0.15, 0.2) is 48.5 Å². The molecule has 1 N–H and O–H groups in total. The minimum atomic E-state index is 0.448. The van der Waals surface area contributed by atoms with Gasteiger partial charge in [-0.05, 0) is 64.6 Å². The van der Waals surface area contributed by atoms with Crippen LogP contribution >= 0.6 is 22.6 Å². The minimum Gasteiger partial charge on any atom is -0.377 e. The zero-order valence-electron chi connectivity index (χ0n) is 11.1. The number of benzene rings is 2. The van der Waals surface area contributed by atoms with Crippen LogP contribution in [0.2, 0.25) is 0 Å². The molecule has 2 aromatic rings. The molecule has 19 heavy (non-hydrogen) atoms. The van der Waals surface area contributed by atoms with Gasteiger partial charge in [0.05, 0.1) is 6.04 Å². The second-order valence-electron chi connectivity index (χ2n) is 5.28. The summed E-state index contributed by atoms with van der Waals surface area (Å²) in [4.78, 5) is 0. The van der Waals surface area contributed by atoms with Crippen LogP contribution in [0.5, 0.6) is 0 Å². The summed E-state index contributed by atoms with van der Waals surface area (Å²) in [7, 11) is 0. The molecule has 2 aromatic carbocycles. The minimum absolute atomic E-state index is 0.448. The molecule has 1 aliphatic carbocycles. The lowest BCUT2D eigenvalue weighted by atomic mass is 9.81. The first-order valence-electron chi connectivity index (χ1n) is 6.85. The van der Waals surface area contributed by atoms with Crippen molar-refractivity contribution in [3.05, 3.63) is 63.2 Å². The van der Waals surface area contributed by atoms with Crippen LogP contribution in [0.1, 0.15) is 42.9 Å². The van der Waals surface area contributed by atoms with Crippen molar-refractivity contribution in [2.45, 2.75) is 31.7 Å². The van der Waals surface area contributed by atoms with Crippen LogP contribution in [0.3, 0.4) is 0 Å². The van der Waals surface area contributed by atoms with Crippen LogP contribution in [0.4, 0.5) is 5.69 Å². The molecule has 0 spiro atoms. The topological polar surface area (TPSA) is 12.0 Å². The standard InChI is InChI=1S/C17H18IN/c1-12-10-11-16(14-7-3-2-6-13(12)14)19-17-9-5-4-8-15(17)18/h2-9,12,16,19H,10-11H2,1H3. The highest BCUT2D eigenvalue weighted by Gasteiger charge is 2.24. The lowest BCUT2D eigenvalue weighted by molar-refractivity contribution is 0.534. The molecule has 2 atom stereocenters. The Morgan fingerprint density at radius 1 is 0.947 bits per heavy atom. The summed E-state index contributed by atoms with van der Waals surface area (Å²) in [6, 6.07) is 17.8. The van der Waals surface area contributed by atoms with Crippen molar-refractivity contribution < 1.29 is 0 Å². The number of hydrogen-bond donors (Lipinski definition) is 1. The normalized spacial score (nSPS) is 21.8. The maximum Gasteiger partial charge on any atom is 0.0517 e. The summed E-state index contributed by atoms with van der Waals surface area (Å²) in [5.74, 6) is 0.684. The Hall–Kier alpha value is -1.03. The van der Waals surface area contributed by atoms with Gasteiger partial charge in [-0.3, -0.25) is 0 Å². The van der Waals surface area contributed by atoms with Gasteiger partial charge in [-0.25, -0.2) is 0 Å². The van der Waals surface area contributed by atoms with Crippen molar-refractivity contribution in [2.75, 3.05) is 5.32 Å². The first kappa shape index (κ1) is 13.0. The van der Waals surface area contributed by atoms with E-state index in [1.165, 1.54) is 33.2 Å². The molecule has 0 saturated carbocycles. The van der Waals surface area contributed by atoms with E-state index in [2.05, 4.69) is 83.4 Å². The smallest absolute Gasteiger partial charge is 0.0517 e. The van der Waals surface area contributed by atoms with E-state index in [4.69, 9.17) is 0 Å². The molecule has 0 heterocycles. The maximum absolute atomic E-state index is 3.72. The van der Waals surface area contributed by atoms with E-state index in [1.807, 2.05) is 0 Å². The fraction of sp³-hybridized carbons (Fsp3) is 0.294. The van der Waals surface area contributed by atoms with Crippen LogP contribution < -0.4 is 5.32 Å². The third-order valence-electron chi connectivity index (χ3n) is 3.99. The van der Waals surface area contributed by atoms with Crippen LogP contribution in [0, 0.1) is 3.57 Å². The van der Waals surface area contributed by atoms with E-state index >= 15 is 0 Å². The lowest BCUT2D eigenvalue weighted by Crippen LogP contribution is -2.19. The first-order chi connectivity index (χ1) is 9.25. The van der Waals surface area contributed by atoms with Crippen LogP contribution in [0.25, 0.3) is 0 Å². The molecule has 0 amide bonds. The predicted molar refractivity (Wildman–Crippen MR) is 89.6 cm³/mol. The van der Waals surface area contributed by atoms with Gasteiger partial charge in [-0.2, -0.15) is 0 Å². The zero-order chi connectivity index (χ0) is 13.2. The zero-order valence-corrected chi connectivity index (χ0v) is 13.2. The number of fused-ring (bicyclic) bond motifs is 1. The van der Waals surface area contributed by atoms with Crippen molar-refractivity contribution in [1.29, 1.82) is 0 Å². The molecule has 2 unspecified atom stereocenters. The van der Waals surface area contributed by atoms with Crippen LogP contribution in [-0.4, -0.2) is 0 Å². The molecular formula is C17H18IN. The lowest BCUT2D eigenvalue weighted by Gasteiger charge is -2.31. The van der Waals surface area contributed by atoms with Gasteiger partial charge < -0.3 is 5.32 Å². The number of rotatable bonds is 2. The third kappa shape index (κ3) is 2.64. The molecule has 1 aliphatic rings. The molecule has 0 aromatic heterocycles. The highest BCUT2D eigenvalue weighted by Crippen LogP contribution is 2.39. The average molecular weight is 363 g/mol. The molecule has 0 bridgehead atoms. The average Bonchev–Trinajstić information content (AvgIpc) is 2.44. The number of para-hydroxylation sites is 1. The van der Waals surface area contributed by atoms with Crippen molar-refractivity contribution in [3.8, 4) is 0 Å². The van der Waals surface area contributed by atoms with E-state index < -0.39 is 0 Å². The molecular weight excluding hydrogens is 345 g/mol. The second kappa shape index (κ2) is 5.53. The fourth-order valence-corrected chi connectivity index (χ4v) is 3.46. The Labute approximate surface area is 128 Å². The quantitative estimate of drug-likeness (QED) is 0.710. The number of hydrogen-bond acceptors (Lipinski definition) is 1. The third-order valence-corrected chi connectivity index (χ3v) is 4.93. The predicted octanol–water partition coefficient (Wildman–Crippen LogP) is 5.34. The van der Waals surface area contributed by atoms with Crippen molar-refractivity contribution in [1.82, 2.24) is 0 Å². The van der Waals surface area contributed by atoms with Crippen molar-refractivity contribution in [2.24, 2.45) is 0 Å². The monoisotopic (exact) mass is 363 g/mol. The molecule has 1 nitrogen and oxygen atoms in total. The van der Waals surface area contributed by atoms with E-state index in [0.29, 0.717) is 12.0 Å². The van der Waals surface area contributed by atoms with Gasteiger partial charge in [0.2, 0.25) is 0 Å². The van der Waals surface area contributed by atoms with Gasteiger partial charge in [0.1, 0.15) is 0 Å². The highest BCUT2D eigenvalue weighted by atomic mass is 127. The molecule has 0 radical (unpaired) electrons. The Balaban J connectivity index is 1.91. The number of halogens is 1. The maximum atomic E-state index is 3.72. The molecule has 0 aliphatic heterocycles. The number of anilines is 1. The van der Waals surface area contributed by atoms with Gasteiger partial charge in [0.15, 0.2) is 0 Å². The molecule has 0 saturated heterocycles. The molecule has 0 fully saturated rings. The van der Waals surface area contributed by atoms with Gasteiger partial charge in [-0.15, -0.1) is 0 Å². The Kier molecular flexibility index (Phi) is 3.78. The second-order valence-corrected chi connectivity index (χ2v) is 6.45. The molecule has 98 valence electrons. The van der Waals surface area contributed by atoms with Gasteiger partial charge in [0.25, 0.3) is 0 Å². The molecule has 3 rings (SSSR count). The van der Waals surface area contributed by atoms with E-state index in [-0.39, 0.29) is 0 Å². The highest BCUT2D eigenvalue weighted by molar-refractivity contribution is 14.1. The summed E-state index contributed by atoms with van der Waals surface area (Å²) in [5, 5.41) is 3.72. The van der Waals surface area contributed by atoms with E-state index in [0.717, 1.165) is 0 Å². The van der Waals surface area contributed by atoms with Crippen molar-refractivity contribution >= 4 is 28.3 Å². The fourth-order valence-electron chi connectivity index (χ4n) is 2.92. The summed E-state index contributed by atoms with van der Waals surface area (Å²) in [6.07, 6.45) is 2.47. The Morgan fingerprint density at radius 3 is 2.42 bits per heavy atom. The summed E-state index contributed by atoms with van der Waals surface area (Å²) >= 11 is 2.40. The number of nitrogens with one attached hydrogen (secondary N) is 1. The summed E-state index contributed by atoms with van der Waals surface area (Å²) in [5.41, 5.74) is 4.23. The first-order valence-corrected chi connectivity index (χ1v) is 7.93. The largest absolute Gasteiger partial charge is 0.377 e. The van der Waals surface area contributed by atoms with Gasteiger partial charge in [0, 0.05) is 9.26 Å². The van der Waals surface area contributed by atoms with E-state index in [1.54, 1.807) is 0 Å². The van der Waals surface area contributed by atoms with Gasteiger partial charge >= 0.3 is 0 Å². The summed E-state index contributed by atoms with van der Waals surface area (Å²) < 4.78 is 1.29. The van der Waals surface area contributed by atoms with E-state index in [9.17, 15) is 0 Å². The summed E-state index contributed by atoms with van der Waals surface area (Å²) in [6.45, 7) is 2.33. The molecule has 2 heteroatoms. The Morgan fingerprint density at radius 2 is 1.63 bits per heavy atom. The van der Waals surface area contributed by atoms with Gasteiger partial charge in [-0.1, -0.05) is 43.3 Å². The SMILES string of the molecule is CC1CCC(Nc2ccccc2I)c2ccccc21. The van der Waals surface area contributed by atoms with Crippen LogP contribution in [-0.2, 0) is 0 Å².